The Bertz CT molecular complexity index is 403. The minimum Gasteiger partial charge on any atom is -0.545 e. The van der Waals surface area contributed by atoms with Gasteiger partial charge in [0, 0.05) is 17.8 Å². The Labute approximate surface area is 106 Å². The molecule has 0 saturated heterocycles. The molecule has 0 fully saturated rings. The summed E-state index contributed by atoms with van der Waals surface area (Å²) < 4.78 is 0. The maximum Gasteiger partial charge on any atom is 0.166 e. The van der Waals surface area contributed by atoms with Gasteiger partial charge in [-0.1, -0.05) is 30.8 Å². The number of carbonyl (C=O) groups excluding carboxylic acids is 1. The summed E-state index contributed by atoms with van der Waals surface area (Å²) in [7, 11) is 0. The molecule has 94 valence electrons. The van der Waals surface area contributed by atoms with E-state index >= 15 is 0 Å². The van der Waals surface area contributed by atoms with Crippen LogP contribution in [0.4, 0.5) is 5.69 Å². The van der Waals surface area contributed by atoms with E-state index in [9.17, 15) is 0 Å². The second-order valence-corrected chi connectivity index (χ2v) is 3.01. The fourth-order valence-corrected chi connectivity index (χ4v) is 0.795. The Hall–Kier alpha value is -2.62. The summed E-state index contributed by atoms with van der Waals surface area (Å²) >= 11 is 0. The van der Waals surface area contributed by atoms with Gasteiger partial charge in [-0.15, -0.1) is 0 Å². The van der Waals surface area contributed by atoms with Gasteiger partial charge in [-0.05, 0) is 18.2 Å². The van der Waals surface area contributed by atoms with Crippen LogP contribution in [0.5, 0.6) is 0 Å². The fourth-order valence-electron chi connectivity index (χ4n) is 0.795. The third-order valence-corrected chi connectivity index (χ3v) is 1.57. The van der Waals surface area contributed by atoms with Crippen molar-refractivity contribution < 1.29 is 14.9 Å². The Morgan fingerprint density at radius 2 is 1.56 bits per heavy atom. The average Bonchev–Trinajstić information content (AvgIpc) is 2.43. The van der Waals surface area contributed by atoms with Gasteiger partial charge in [0.05, 0.1) is 5.97 Å². The summed E-state index contributed by atoms with van der Waals surface area (Å²) in [5, 5.41) is 9.14. The Morgan fingerprint density at radius 1 is 1.11 bits per heavy atom. The molecule has 0 spiro atoms. The summed E-state index contributed by atoms with van der Waals surface area (Å²) in [6.45, 7) is 2.90. The molecule has 1 heterocycles. The average molecular weight is 244 g/mol. The van der Waals surface area contributed by atoms with E-state index in [1.807, 2.05) is 60.9 Å². The Morgan fingerprint density at radius 3 is 1.72 bits per heavy atom. The molecule has 3 N–H and O–H groups in total. The van der Waals surface area contributed by atoms with Crippen molar-refractivity contribution in [3.63, 3.8) is 0 Å². The third-order valence-electron chi connectivity index (χ3n) is 1.57. The van der Waals surface area contributed by atoms with Crippen LogP contribution in [0.15, 0.2) is 73.6 Å². The van der Waals surface area contributed by atoms with Crippen LogP contribution in [0.3, 0.4) is 0 Å². The normalized spacial score (nSPS) is 7.78. The predicted molar refractivity (Wildman–Crippen MR) is 69.1 cm³/mol. The minimum atomic E-state index is -1.23. The maximum absolute atomic E-state index is 9.14. The molecular weight excluding hydrogens is 228 g/mol. The molecule has 0 aliphatic heterocycles. The first-order valence-corrected chi connectivity index (χ1v) is 5.22. The number of carboxylic acids is 1. The molecule has 0 saturated carbocycles. The smallest absolute Gasteiger partial charge is 0.166 e. The number of carbonyl (C=O) groups is 1. The monoisotopic (exact) mass is 244 g/mol. The van der Waals surface area contributed by atoms with Crippen molar-refractivity contribution in [3.05, 3.63) is 73.6 Å². The summed E-state index contributed by atoms with van der Waals surface area (Å²) in [5.74, 6) is -1.23. The molecule has 0 amide bonds. The number of benzene rings is 1. The lowest BCUT2D eigenvalue weighted by molar-refractivity contribution is -0.377. The van der Waals surface area contributed by atoms with Crippen molar-refractivity contribution in [1.29, 1.82) is 0 Å². The molecule has 0 aliphatic carbocycles. The second kappa shape index (κ2) is 10.9. The van der Waals surface area contributed by atoms with Gasteiger partial charge in [0.15, 0.2) is 12.4 Å². The highest BCUT2D eigenvalue weighted by Gasteiger charge is 1.72. The molecule has 2 aromatic rings. The first-order chi connectivity index (χ1) is 8.66. The van der Waals surface area contributed by atoms with E-state index < -0.39 is 5.97 Å². The molecule has 18 heavy (non-hydrogen) atoms. The molecule has 0 radical (unpaired) electrons. The number of rotatable bonds is 1. The number of anilines is 1. The lowest BCUT2D eigenvalue weighted by atomic mass is 10.3. The largest absolute Gasteiger partial charge is 0.545 e. The lowest BCUT2D eigenvalue weighted by Crippen LogP contribution is -2.17. The molecule has 4 nitrogen and oxygen atoms in total. The van der Waals surface area contributed by atoms with Gasteiger partial charge < -0.3 is 15.6 Å². The minimum absolute atomic E-state index is 0.722. The van der Waals surface area contributed by atoms with Crippen molar-refractivity contribution in [1.82, 2.24) is 0 Å². The lowest BCUT2D eigenvalue weighted by Gasteiger charge is -1.83. The van der Waals surface area contributed by atoms with Crippen LogP contribution in [0.2, 0.25) is 0 Å². The first-order valence-electron chi connectivity index (χ1n) is 5.22. The molecule has 0 atom stereocenters. The van der Waals surface area contributed by atoms with Gasteiger partial charge >= 0.3 is 0 Å². The number of hydrogen-bond donors (Lipinski definition) is 1. The zero-order valence-corrected chi connectivity index (χ0v) is 9.95. The number of H-pyrrole nitrogens is 1. The molecule has 4 heteroatoms. The van der Waals surface area contributed by atoms with E-state index in [4.69, 9.17) is 15.6 Å². The standard InChI is InChI=1S/C6H7N.C5H5N.C3H4O2/c7-6-4-2-1-3-5-6;1-2-4-6-5-3-1;1-2-3(4)5/h1-5H,7H2;1-5H;2H,1H2,(H,4,5). The van der Waals surface area contributed by atoms with Gasteiger partial charge in [0.1, 0.15) is 0 Å². The van der Waals surface area contributed by atoms with E-state index in [0.29, 0.717) is 0 Å². The molecule has 1 aromatic carbocycles. The summed E-state index contributed by atoms with van der Waals surface area (Å²) in [5.41, 5.74) is 6.18. The van der Waals surface area contributed by atoms with E-state index in [1.54, 1.807) is 0 Å². The quantitative estimate of drug-likeness (QED) is 0.592. The van der Waals surface area contributed by atoms with Crippen LogP contribution in [-0.4, -0.2) is 5.97 Å². The summed E-state index contributed by atoms with van der Waals surface area (Å²) in [6.07, 6.45) is 4.47. The highest BCUT2D eigenvalue weighted by atomic mass is 16.4. The first kappa shape index (κ1) is 15.4. The van der Waals surface area contributed by atoms with Crippen LogP contribution in [0, 0.1) is 0 Å². The van der Waals surface area contributed by atoms with Gasteiger partial charge in [-0.2, -0.15) is 0 Å². The molecule has 1 aromatic heterocycles. The van der Waals surface area contributed by atoms with Crippen molar-refractivity contribution in [2.24, 2.45) is 0 Å². The van der Waals surface area contributed by atoms with Gasteiger partial charge in [0.25, 0.3) is 0 Å². The van der Waals surface area contributed by atoms with Crippen LogP contribution >= 0.6 is 0 Å². The van der Waals surface area contributed by atoms with Gasteiger partial charge in [-0.3, -0.25) is 0 Å². The third kappa shape index (κ3) is 11.5. The van der Waals surface area contributed by atoms with Crippen molar-refractivity contribution >= 4 is 11.7 Å². The van der Waals surface area contributed by atoms with Crippen LogP contribution in [-0.2, 0) is 4.79 Å². The number of carboxylic acid groups (broad SMARTS) is 1. The number of nitrogens with two attached hydrogens (primary N) is 1. The number of nitrogen functional groups attached to an aromatic ring is 1. The summed E-state index contributed by atoms with van der Waals surface area (Å²) in [6, 6.07) is 15.3. The number of pyridine rings is 1. The highest BCUT2D eigenvalue weighted by Crippen LogP contribution is 1.95. The van der Waals surface area contributed by atoms with Crippen molar-refractivity contribution in [2.45, 2.75) is 0 Å². The van der Waals surface area contributed by atoms with Crippen molar-refractivity contribution in [2.75, 3.05) is 5.73 Å². The van der Waals surface area contributed by atoms with Crippen molar-refractivity contribution in [3.8, 4) is 0 Å². The van der Waals surface area contributed by atoms with E-state index in [0.717, 1.165) is 11.8 Å². The Kier molecular flexibility index (Phi) is 9.30. The second-order valence-electron chi connectivity index (χ2n) is 3.01. The van der Waals surface area contributed by atoms with E-state index in [2.05, 4.69) is 11.6 Å². The number of nitrogens with one attached hydrogen (secondary N) is 1. The van der Waals surface area contributed by atoms with Crippen LogP contribution in [0.1, 0.15) is 0 Å². The van der Waals surface area contributed by atoms with Gasteiger partial charge in [0.2, 0.25) is 0 Å². The zero-order valence-electron chi connectivity index (χ0n) is 9.95. The molecule has 2 rings (SSSR count). The number of aromatic amines is 1. The number of para-hydroxylation sites is 1. The zero-order chi connectivity index (χ0) is 13.6. The van der Waals surface area contributed by atoms with Crippen LogP contribution in [0.25, 0.3) is 0 Å². The van der Waals surface area contributed by atoms with Crippen LogP contribution < -0.4 is 15.8 Å². The number of aromatic nitrogens is 1. The topological polar surface area (TPSA) is 80.3 Å². The Balaban J connectivity index is 0.000000245. The van der Waals surface area contributed by atoms with E-state index in [-0.39, 0.29) is 0 Å². The van der Waals surface area contributed by atoms with Gasteiger partial charge in [-0.25, -0.2) is 4.98 Å². The predicted octanol–water partition coefficient (Wildman–Crippen LogP) is 0.692. The highest BCUT2D eigenvalue weighted by molar-refractivity contribution is 5.76. The number of hydrogen-bond acceptors (Lipinski definition) is 3. The molecule has 0 aliphatic rings. The maximum atomic E-state index is 9.14. The van der Waals surface area contributed by atoms with E-state index in [1.165, 1.54) is 0 Å². The molecule has 0 bridgehead atoms. The molecule has 0 unspecified atom stereocenters. The fraction of sp³-hybridized carbons (Fsp3) is 0. The SMILES string of the molecule is C=CC(=O)[O-].Nc1ccccc1.c1cc[nH+]cc1. The number of aliphatic carboxylic acids is 1. The molecular formula is C14H16N2O2. The summed E-state index contributed by atoms with van der Waals surface area (Å²) in [4.78, 5) is 12.0.